The van der Waals surface area contributed by atoms with Crippen LogP contribution in [0.5, 0.6) is 5.75 Å². The topological polar surface area (TPSA) is 56.2 Å². The van der Waals surface area contributed by atoms with Crippen LogP contribution in [0.15, 0.2) is 48.5 Å². The molecule has 0 saturated heterocycles. The highest BCUT2D eigenvalue weighted by atomic mass is 16.5. The summed E-state index contributed by atoms with van der Waals surface area (Å²) in [7, 11) is 1.62. The molecule has 3 aromatic rings. The van der Waals surface area contributed by atoms with Crippen LogP contribution >= 0.6 is 0 Å². The minimum atomic E-state index is -0.0495. The zero-order valence-corrected chi connectivity index (χ0v) is 21.7. The molecule has 1 N–H and O–H groups in total. The maximum atomic E-state index is 12.4. The largest absolute Gasteiger partial charge is 0.497 e. The summed E-state index contributed by atoms with van der Waals surface area (Å²) in [4.78, 5) is 17.3. The van der Waals surface area contributed by atoms with Crippen LogP contribution < -0.4 is 10.1 Å². The predicted molar refractivity (Wildman–Crippen MR) is 145 cm³/mol. The number of rotatable bonds is 17. The number of hydrogen-bond acceptors (Lipinski definition) is 3. The van der Waals surface area contributed by atoms with Crippen LogP contribution in [0.4, 0.5) is 0 Å². The number of ether oxygens (including phenoxy) is 1. The molecule has 2 aromatic carbocycles. The summed E-state index contributed by atoms with van der Waals surface area (Å²) in [5.41, 5.74) is 2.94. The second-order valence-corrected chi connectivity index (χ2v) is 9.44. The lowest BCUT2D eigenvalue weighted by molar-refractivity contribution is 0.0953. The molecule has 3 rings (SSSR count). The normalized spacial score (nSPS) is 11.1. The first-order chi connectivity index (χ1) is 17.2. The lowest BCUT2D eigenvalue weighted by Crippen LogP contribution is -2.25. The molecule has 0 bridgehead atoms. The van der Waals surface area contributed by atoms with Crippen molar-refractivity contribution in [2.24, 2.45) is 0 Å². The van der Waals surface area contributed by atoms with Crippen molar-refractivity contribution in [3.63, 3.8) is 0 Å². The van der Waals surface area contributed by atoms with E-state index in [2.05, 4.69) is 41.1 Å². The minimum Gasteiger partial charge on any atom is -0.497 e. The van der Waals surface area contributed by atoms with E-state index in [1.807, 2.05) is 12.1 Å². The monoisotopic (exact) mass is 477 g/mol. The summed E-state index contributed by atoms with van der Waals surface area (Å²) in [6, 6.07) is 15.6. The van der Waals surface area contributed by atoms with Gasteiger partial charge >= 0.3 is 0 Å². The summed E-state index contributed by atoms with van der Waals surface area (Å²) < 4.78 is 7.55. The van der Waals surface area contributed by atoms with Crippen molar-refractivity contribution in [2.45, 2.75) is 90.5 Å². The quantitative estimate of drug-likeness (QED) is 0.207. The van der Waals surface area contributed by atoms with Crippen LogP contribution in [0.25, 0.3) is 11.0 Å². The molecule has 1 aromatic heterocycles. The molecule has 190 valence electrons. The van der Waals surface area contributed by atoms with Gasteiger partial charge in [-0.15, -0.1) is 0 Å². The number of carbonyl (C=O) groups is 1. The average Bonchev–Trinajstić information content (AvgIpc) is 3.25. The number of methoxy groups -OCH3 is 1. The Bertz CT molecular complexity index is 1010. The molecule has 35 heavy (non-hydrogen) atoms. The highest BCUT2D eigenvalue weighted by Gasteiger charge is 2.11. The number of aromatic nitrogens is 2. The molecule has 0 fully saturated rings. The fraction of sp³-hybridized carbons (Fsp3) is 0.533. The minimum absolute atomic E-state index is 0.0495. The van der Waals surface area contributed by atoms with Gasteiger partial charge in [0.15, 0.2) is 0 Å². The third-order valence-electron chi connectivity index (χ3n) is 6.68. The molecule has 0 radical (unpaired) electrons. The molecule has 5 nitrogen and oxygen atoms in total. The predicted octanol–water partition coefficient (Wildman–Crippen LogP) is 7.33. The van der Waals surface area contributed by atoms with E-state index in [9.17, 15) is 4.79 Å². The van der Waals surface area contributed by atoms with Crippen molar-refractivity contribution < 1.29 is 9.53 Å². The van der Waals surface area contributed by atoms with E-state index in [0.717, 1.165) is 36.5 Å². The molecular weight excluding hydrogens is 434 g/mol. The van der Waals surface area contributed by atoms with Crippen LogP contribution in [0.3, 0.4) is 0 Å². The van der Waals surface area contributed by atoms with Gasteiger partial charge in [0.25, 0.3) is 5.91 Å². The van der Waals surface area contributed by atoms with Gasteiger partial charge < -0.3 is 14.6 Å². The molecule has 0 aliphatic carbocycles. The second kappa shape index (κ2) is 15.2. The molecule has 0 atom stereocenters. The first-order valence-corrected chi connectivity index (χ1v) is 13.6. The van der Waals surface area contributed by atoms with Gasteiger partial charge in [0.1, 0.15) is 11.6 Å². The van der Waals surface area contributed by atoms with Crippen molar-refractivity contribution in [3.8, 4) is 5.75 Å². The van der Waals surface area contributed by atoms with Crippen molar-refractivity contribution in [1.82, 2.24) is 14.9 Å². The number of imidazole rings is 1. The molecule has 0 saturated carbocycles. The van der Waals surface area contributed by atoms with Gasteiger partial charge in [0.2, 0.25) is 0 Å². The molecule has 0 aliphatic heterocycles. The summed E-state index contributed by atoms with van der Waals surface area (Å²) >= 11 is 0. The summed E-state index contributed by atoms with van der Waals surface area (Å²) in [6.07, 6.45) is 15.2. The smallest absolute Gasteiger partial charge is 0.251 e. The standard InChI is InChI=1S/C30H43N3O2/c1-3-4-5-6-7-8-9-10-11-14-24-33-28-17-13-12-16-27(28)32-29(33)18-15-23-31-30(34)25-19-21-26(35-2)22-20-25/h12-13,16-17,19-22H,3-11,14-15,18,23-24H2,1-2H3,(H,31,34). The molecule has 1 heterocycles. The van der Waals surface area contributed by atoms with Crippen molar-refractivity contribution in [3.05, 3.63) is 59.9 Å². The van der Waals surface area contributed by atoms with Crippen LogP contribution in [0, 0.1) is 0 Å². The number of para-hydroxylation sites is 2. The van der Waals surface area contributed by atoms with Crippen molar-refractivity contribution in [1.29, 1.82) is 0 Å². The third-order valence-corrected chi connectivity index (χ3v) is 6.68. The molecule has 1 amide bonds. The number of aryl methyl sites for hydroxylation is 2. The number of nitrogens with zero attached hydrogens (tertiary/aromatic N) is 2. The number of amides is 1. The number of nitrogens with one attached hydrogen (secondary N) is 1. The highest BCUT2D eigenvalue weighted by Crippen LogP contribution is 2.19. The number of hydrogen-bond donors (Lipinski definition) is 1. The first kappa shape index (κ1) is 26.8. The Morgan fingerprint density at radius 2 is 1.51 bits per heavy atom. The Labute approximate surface area is 211 Å². The van der Waals surface area contributed by atoms with E-state index < -0.39 is 0 Å². The van der Waals surface area contributed by atoms with Crippen LogP contribution in [-0.4, -0.2) is 29.1 Å². The van der Waals surface area contributed by atoms with E-state index in [0.29, 0.717) is 12.1 Å². The number of fused-ring (bicyclic) bond motifs is 1. The SMILES string of the molecule is CCCCCCCCCCCCn1c(CCCNC(=O)c2ccc(OC)cc2)nc2ccccc21. The number of unbranched alkanes of at least 4 members (excludes halogenated alkanes) is 9. The van der Waals surface area contributed by atoms with Gasteiger partial charge in [-0.2, -0.15) is 0 Å². The maximum Gasteiger partial charge on any atom is 0.251 e. The third kappa shape index (κ3) is 8.72. The Hall–Kier alpha value is -2.82. The lowest BCUT2D eigenvalue weighted by Gasteiger charge is -2.10. The van der Waals surface area contributed by atoms with Crippen molar-refractivity contribution in [2.75, 3.05) is 13.7 Å². The van der Waals surface area contributed by atoms with E-state index in [4.69, 9.17) is 9.72 Å². The van der Waals surface area contributed by atoms with Crippen LogP contribution in [-0.2, 0) is 13.0 Å². The lowest BCUT2D eigenvalue weighted by atomic mass is 10.1. The molecule has 0 spiro atoms. The number of benzene rings is 2. The van der Waals surface area contributed by atoms with E-state index in [1.54, 1.807) is 19.2 Å². The molecule has 0 unspecified atom stereocenters. The van der Waals surface area contributed by atoms with E-state index in [1.165, 1.54) is 69.7 Å². The highest BCUT2D eigenvalue weighted by molar-refractivity contribution is 5.94. The fourth-order valence-corrected chi connectivity index (χ4v) is 4.62. The van der Waals surface area contributed by atoms with Gasteiger partial charge in [0, 0.05) is 25.1 Å². The average molecular weight is 478 g/mol. The van der Waals surface area contributed by atoms with Gasteiger partial charge in [0.05, 0.1) is 18.1 Å². The fourth-order valence-electron chi connectivity index (χ4n) is 4.62. The number of carbonyl (C=O) groups excluding carboxylic acids is 1. The first-order valence-electron chi connectivity index (χ1n) is 13.6. The molecule has 5 heteroatoms. The Balaban J connectivity index is 1.42. The van der Waals surface area contributed by atoms with E-state index >= 15 is 0 Å². The zero-order valence-electron chi connectivity index (χ0n) is 21.7. The van der Waals surface area contributed by atoms with Gasteiger partial charge in [-0.1, -0.05) is 76.8 Å². The molecule has 0 aliphatic rings. The Kier molecular flexibility index (Phi) is 11.7. The summed E-state index contributed by atoms with van der Waals surface area (Å²) in [6.45, 7) is 3.92. The Morgan fingerprint density at radius 3 is 2.20 bits per heavy atom. The zero-order chi connectivity index (χ0) is 24.7. The van der Waals surface area contributed by atoms with Gasteiger partial charge in [-0.05, 0) is 49.2 Å². The second-order valence-electron chi connectivity index (χ2n) is 9.44. The summed E-state index contributed by atoms with van der Waals surface area (Å²) in [5, 5.41) is 3.03. The summed E-state index contributed by atoms with van der Waals surface area (Å²) in [5.74, 6) is 1.83. The van der Waals surface area contributed by atoms with Crippen molar-refractivity contribution >= 4 is 16.9 Å². The maximum absolute atomic E-state index is 12.4. The Morgan fingerprint density at radius 1 is 0.857 bits per heavy atom. The van der Waals surface area contributed by atoms with Crippen LogP contribution in [0.1, 0.15) is 93.7 Å². The molecular formula is C30H43N3O2. The van der Waals surface area contributed by atoms with Gasteiger partial charge in [-0.3, -0.25) is 4.79 Å². The van der Waals surface area contributed by atoms with E-state index in [-0.39, 0.29) is 5.91 Å². The van der Waals surface area contributed by atoms with Gasteiger partial charge in [-0.25, -0.2) is 4.98 Å². The van der Waals surface area contributed by atoms with Crippen LogP contribution in [0.2, 0.25) is 0 Å².